The first-order valence-corrected chi connectivity index (χ1v) is 8.74. The predicted molar refractivity (Wildman–Crippen MR) is 96.7 cm³/mol. The molecule has 5 nitrogen and oxygen atoms in total. The van der Waals surface area contributed by atoms with Crippen molar-refractivity contribution in [3.05, 3.63) is 29.3 Å². The van der Waals surface area contributed by atoms with Gasteiger partial charge >= 0.3 is 6.18 Å². The van der Waals surface area contributed by atoms with Gasteiger partial charge in [-0.15, -0.1) is 0 Å². The normalized spacial score (nSPS) is 12.2. The van der Waals surface area contributed by atoms with Gasteiger partial charge in [-0.3, -0.25) is 0 Å². The van der Waals surface area contributed by atoms with E-state index >= 15 is 0 Å². The van der Waals surface area contributed by atoms with Gasteiger partial charge in [0, 0.05) is 31.9 Å². The highest BCUT2D eigenvalue weighted by atomic mass is 19.4. The smallest absolute Gasteiger partial charge is 0.422 e. The van der Waals surface area contributed by atoms with E-state index in [-0.39, 0.29) is 12.3 Å². The van der Waals surface area contributed by atoms with Crippen LogP contribution >= 0.6 is 0 Å². The van der Waals surface area contributed by atoms with Crippen molar-refractivity contribution in [3.8, 4) is 5.75 Å². The molecular formula is C18H28F3N3O2. The molecule has 148 valence electrons. The highest BCUT2D eigenvalue weighted by Gasteiger charge is 2.28. The van der Waals surface area contributed by atoms with Crippen LogP contribution in [0.25, 0.3) is 0 Å². The van der Waals surface area contributed by atoms with Gasteiger partial charge < -0.3 is 20.1 Å². The molecule has 0 aliphatic carbocycles. The Morgan fingerprint density at radius 2 is 1.96 bits per heavy atom. The molecule has 0 unspecified atom stereocenters. The van der Waals surface area contributed by atoms with Gasteiger partial charge in [-0.2, -0.15) is 13.2 Å². The second kappa shape index (κ2) is 11.6. The van der Waals surface area contributed by atoms with E-state index in [1.54, 1.807) is 19.1 Å². The average Bonchev–Trinajstić information content (AvgIpc) is 2.58. The van der Waals surface area contributed by atoms with Crippen LogP contribution in [0.3, 0.4) is 0 Å². The number of guanidine groups is 1. The number of halogens is 3. The van der Waals surface area contributed by atoms with Gasteiger partial charge in [0.25, 0.3) is 0 Å². The molecule has 1 aromatic carbocycles. The lowest BCUT2D eigenvalue weighted by atomic mass is 10.1. The molecule has 26 heavy (non-hydrogen) atoms. The fourth-order valence-corrected chi connectivity index (χ4v) is 2.12. The molecule has 0 aliphatic heterocycles. The maximum Gasteiger partial charge on any atom is 0.422 e. The van der Waals surface area contributed by atoms with Gasteiger partial charge in [-0.05, 0) is 38.8 Å². The van der Waals surface area contributed by atoms with Gasteiger partial charge in [0.1, 0.15) is 5.75 Å². The lowest BCUT2D eigenvalue weighted by Crippen LogP contribution is -2.38. The Labute approximate surface area is 153 Å². The van der Waals surface area contributed by atoms with Crippen LogP contribution in [0.15, 0.2) is 23.2 Å². The SMILES string of the molecule is CCNC(=NCc1ccc(C)cc1OCC(F)(F)F)NCCCOCC. The summed E-state index contributed by atoms with van der Waals surface area (Å²) in [5.74, 6) is 0.810. The lowest BCUT2D eigenvalue weighted by molar-refractivity contribution is -0.153. The number of hydrogen-bond donors (Lipinski definition) is 2. The average molecular weight is 375 g/mol. The van der Waals surface area contributed by atoms with E-state index < -0.39 is 12.8 Å². The van der Waals surface area contributed by atoms with E-state index in [1.165, 1.54) is 0 Å². The van der Waals surface area contributed by atoms with Crippen LogP contribution in [-0.4, -0.2) is 45.0 Å². The number of hydrogen-bond acceptors (Lipinski definition) is 3. The summed E-state index contributed by atoms with van der Waals surface area (Å²) >= 11 is 0. The second-order valence-electron chi connectivity index (χ2n) is 5.69. The summed E-state index contributed by atoms with van der Waals surface area (Å²) in [4.78, 5) is 4.43. The summed E-state index contributed by atoms with van der Waals surface area (Å²) in [6, 6.07) is 5.16. The zero-order chi connectivity index (χ0) is 19.4. The minimum absolute atomic E-state index is 0.207. The quantitative estimate of drug-likeness (QED) is 0.374. The van der Waals surface area contributed by atoms with Gasteiger partial charge in [-0.1, -0.05) is 12.1 Å². The van der Waals surface area contributed by atoms with Crippen LogP contribution in [0.4, 0.5) is 13.2 Å². The summed E-state index contributed by atoms with van der Waals surface area (Å²) in [6.45, 7) is 7.31. The number of ether oxygens (including phenoxy) is 2. The van der Waals surface area contributed by atoms with Crippen molar-refractivity contribution in [2.75, 3.05) is 32.9 Å². The molecule has 0 saturated heterocycles. The largest absolute Gasteiger partial charge is 0.484 e. The van der Waals surface area contributed by atoms with Crippen LogP contribution in [-0.2, 0) is 11.3 Å². The molecule has 0 bridgehead atoms. The molecule has 2 N–H and O–H groups in total. The zero-order valence-corrected chi connectivity index (χ0v) is 15.6. The number of nitrogens with zero attached hydrogens (tertiary/aromatic N) is 1. The van der Waals surface area contributed by atoms with Crippen molar-refractivity contribution in [2.45, 2.75) is 39.9 Å². The molecule has 0 saturated carbocycles. The van der Waals surface area contributed by atoms with Gasteiger partial charge in [0.15, 0.2) is 12.6 Å². The summed E-state index contributed by atoms with van der Waals surface area (Å²) in [5.41, 5.74) is 1.43. The predicted octanol–water partition coefficient (Wildman–Crippen LogP) is 3.42. The van der Waals surface area contributed by atoms with Gasteiger partial charge in [0.05, 0.1) is 6.54 Å². The zero-order valence-electron chi connectivity index (χ0n) is 15.6. The van der Waals surface area contributed by atoms with Crippen LogP contribution < -0.4 is 15.4 Å². The van der Waals surface area contributed by atoms with Crippen molar-refractivity contribution in [1.29, 1.82) is 0 Å². The molecule has 0 aromatic heterocycles. The molecule has 0 radical (unpaired) electrons. The van der Waals surface area contributed by atoms with Crippen molar-refractivity contribution in [1.82, 2.24) is 10.6 Å². The fourth-order valence-electron chi connectivity index (χ4n) is 2.12. The summed E-state index contributed by atoms with van der Waals surface area (Å²) in [6.07, 6.45) is -3.54. The summed E-state index contributed by atoms with van der Waals surface area (Å²) < 4.78 is 47.5. The molecule has 0 spiro atoms. The second-order valence-corrected chi connectivity index (χ2v) is 5.69. The van der Waals surface area contributed by atoms with Crippen LogP contribution in [0, 0.1) is 6.92 Å². The Morgan fingerprint density at radius 3 is 2.62 bits per heavy atom. The Kier molecular flexibility index (Phi) is 9.87. The van der Waals surface area contributed by atoms with E-state index in [4.69, 9.17) is 9.47 Å². The molecule has 0 aliphatic rings. The van der Waals surface area contributed by atoms with Crippen molar-refractivity contribution < 1.29 is 22.6 Å². The number of aliphatic imine (C=N–C) groups is 1. The first-order chi connectivity index (χ1) is 12.4. The van der Waals surface area contributed by atoms with Gasteiger partial charge in [0.2, 0.25) is 0 Å². The third-order valence-electron chi connectivity index (χ3n) is 3.33. The minimum atomic E-state index is -4.37. The summed E-state index contributed by atoms with van der Waals surface area (Å²) in [7, 11) is 0. The molecule has 1 rings (SSSR count). The maximum atomic E-state index is 12.4. The Bertz CT molecular complexity index is 563. The highest BCUT2D eigenvalue weighted by Crippen LogP contribution is 2.24. The minimum Gasteiger partial charge on any atom is -0.484 e. The molecular weight excluding hydrogens is 347 g/mol. The van der Waals surface area contributed by atoms with E-state index in [9.17, 15) is 13.2 Å². The van der Waals surface area contributed by atoms with Crippen LogP contribution in [0.5, 0.6) is 5.75 Å². The van der Waals surface area contributed by atoms with Crippen LogP contribution in [0.1, 0.15) is 31.4 Å². The molecule has 0 atom stereocenters. The molecule has 0 fully saturated rings. The highest BCUT2D eigenvalue weighted by molar-refractivity contribution is 5.79. The van der Waals surface area contributed by atoms with E-state index in [1.807, 2.05) is 19.9 Å². The molecule has 1 aromatic rings. The Hall–Kier alpha value is -1.96. The summed E-state index contributed by atoms with van der Waals surface area (Å²) in [5, 5.41) is 6.28. The standard InChI is InChI=1S/C18H28F3N3O2/c1-4-22-17(23-9-6-10-25-5-2)24-12-15-8-7-14(3)11-16(15)26-13-18(19,20)21/h7-8,11H,4-6,9-10,12-13H2,1-3H3,(H2,22,23,24). The third kappa shape index (κ3) is 9.50. The molecule has 8 heteroatoms. The van der Waals surface area contributed by atoms with Crippen molar-refractivity contribution >= 4 is 5.96 Å². The molecule has 0 amide bonds. The third-order valence-corrected chi connectivity index (χ3v) is 3.33. The number of rotatable bonds is 10. The first-order valence-electron chi connectivity index (χ1n) is 8.74. The van der Waals surface area contributed by atoms with Crippen molar-refractivity contribution in [3.63, 3.8) is 0 Å². The first kappa shape index (κ1) is 22.1. The Morgan fingerprint density at radius 1 is 1.19 bits per heavy atom. The lowest BCUT2D eigenvalue weighted by Gasteiger charge is -2.14. The molecule has 0 heterocycles. The van der Waals surface area contributed by atoms with E-state index in [0.29, 0.717) is 37.8 Å². The topological polar surface area (TPSA) is 54.9 Å². The number of nitrogens with one attached hydrogen (secondary N) is 2. The van der Waals surface area contributed by atoms with Crippen molar-refractivity contribution in [2.24, 2.45) is 4.99 Å². The van der Waals surface area contributed by atoms with Crippen LogP contribution in [0.2, 0.25) is 0 Å². The van der Waals surface area contributed by atoms with E-state index in [2.05, 4.69) is 15.6 Å². The van der Waals surface area contributed by atoms with Gasteiger partial charge in [-0.25, -0.2) is 4.99 Å². The fraction of sp³-hybridized carbons (Fsp3) is 0.611. The van der Waals surface area contributed by atoms with E-state index in [0.717, 1.165) is 12.0 Å². The number of aryl methyl sites for hydroxylation is 1. The monoisotopic (exact) mass is 375 g/mol. The number of benzene rings is 1. The number of alkyl halides is 3. The maximum absolute atomic E-state index is 12.4. The Balaban J connectivity index is 2.71.